The van der Waals surface area contributed by atoms with Crippen molar-refractivity contribution in [3.63, 3.8) is 0 Å². The average molecular weight is 542 g/mol. The molecule has 7 heteroatoms. The van der Waals surface area contributed by atoms with Gasteiger partial charge in [0.1, 0.15) is 11.5 Å². The van der Waals surface area contributed by atoms with Crippen molar-refractivity contribution in [2.75, 3.05) is 71.1 Å². The minimum absolute atomic E-state index is 0.483. The number of anilines is 1. The van der Waals surface area contributed by atoms with Crippen LogP contribution in [-0.2, 0) is 4.74 Å². The third-order valence-electron chi connectivity index (χ3n) is 8.81. The van der Waals surface area contributed by atoms with Crippen LogP contribution in [-0.4, -0.2) is 82.0 Å². The van der Waals surface area contributed by atoms with Crippen molar-refractivity contribution in [2.45, 2.75) is 58.0 Å². The zero-order valence-corrected chi connectivity index (χ0v) is 24.1. The van der Waals surface area contributed by atoms with Crippen molar-refractivity contribution in [3.8, 4) is 11.5 Å². The summed E-state index contributed by atoms with van der Waals surface area (Å²) in [5, 5.41) is 0.666. The van der Waals surface area contributed by atoms with Crippen LogP contribution in [0.15, 0.2) is 30.3 Å². The highest BCUT2D eigenvalue weighted by Gasteiger charge is 2.36. The van der Waals surface area contributed by atoms with E-state index in [1.165, 1.54) is 48.1 Å². The molecule has 3 fully saturated rings. The number of piperazine rings is 1. The van der Waals surface area contributed by atoms with E-state index >= 15 is 0 Å². The van der Waals surface area contributed by atoms with Crippen molar-refractivity contribution < 1.29 is 14.2 Å². The molecule has 0 aromatic heterocycles. The summed E-state index contributed by atoms with van der Waals surface area (Å²) < 4.78 is 17.2. The molecule has 208 valence electrons. The number of ether oxygens (including phenoxy) is 3. The topological polar surface area (TPSA) is 37.4 Å². The number of rotatable bonds is 9. The Kier molecular flexibility index (Phi) is 9.37. The number of morpholine rings is 1. The Morgan fingerprint density at radius 1 is 0.947 bits per heavy atom. The van der Waals surface area contributed by atoms with Gasteiger partial charge in [0.2, 0.25) is 0 Å². The fourth-order valence-electron chi connectivity index (χ4n) is 6.44. The molecule has 6 nitrogen and oxygen atoms in total. The number of unbranched alkanes of at least 4 members (excludes halogenated alkanes) is 1. The average Bonchev–Trinajstić information content (AvgIpc) is 2.95. The fraction of sp³-hybridized carbons (Fsp3) is 0.613. The molecule has 0 spiro atoms. The van der Waals surface area contributed by atoms with Gasteiger partial charge in [-0.05, 0) is 87.4 Å². The molecule has 38 heavy (non-hydrogen) atoms. The predicted molar refractivity (Wildman–Crippen MR) is 155 cm³/mol. The summed E-state index contributed by atoms with van der Waals surface area (Å²) in [5.41, 5.74) is 5.37. The van der Waals surface area contributed by atoms with Gasteiger partial charge in [-0.1, -0.05) is 17.7 Å². The molecule has 0 radical (unpaired) electrons. The number of halogens is 1. The molecule has 3 aliphatic rings. The lowest BCUT2D eigenvalue weighted by molar-refractivity contribution is 0.0368. The molecular formula is C31H44ClN3O3. The number of benzene rings is 2. The van der Waals surface area contributed by atoms with Gasteiger partial charge in [-0.3, -0.25) is 9.80 Å². The molecule has 3 saturated heterocycles. The Morgan fingerprint density at radius 2 is 1.79 bits per heavy atom. The van der Waals surface area contributed by atoms with Crippen molar-refractivity contribution in [1.82, 2.24) is 9.80 Å². The Morgan fingerprint density at radius 3 is 2.61 bits per heavy atom. The molecule has 2 aromatic carbocycles. The highest BCUT2D eigenvalue weighted by molar-refractivity contribution is 6.32. The summed E-state index contributed by atoms with van der Waals surface area (Å²) in [4.78, 5) is 7.76. The lowest BCUT2D eigenvalue weighted by Gasteiger charge is -2.49. The Labute approximate surface area is 233 Å². The van der Waals surface area contributed by atoms with Crippen molar-refractivity contribution in [3.05, 3.63) is 52.0 Å². The number of nitrogens with zero attached hydrogens (tertiary/aromatic N) is 3. The monoisotopic (exact) mass is 541 g/mol. The molecule has 3 heterocycles. The van der Waals surface area contributed by atoms with Crippen LogP contribution in [0.4, 0.5) is 5.69 Å². The quantitative estimate of drug-likeness (QED) is 0.369. The number of hydrogen-bond donors (Lipinski definition) is 0. The first-order valence-electron chi connectivity index (χ1n) is 14.4. The van der Waals surface area contributed by atoms with Crippen LogP contribution in [0.25, 0.3) is 0 Å². The van der Waals surface area contributed by atoms with Crippen molar-refractivity contribution in [2.24, 2.45) is 0 Å². The summed E-state index contributed by atoms with van der Waals surface area (Å²) in [6, 6.07) is 11.8. The lowest BCUT2D eigenvalue weighted by atomic mass is 9.86. The van der Waals surface area contributed by atoms with Crippen LogP contribution < -0.4 is 14.4 Å². The summed E-state index contributed by atoms with van der Waals surface area (Å²) in [7, 11) is 1.68. The molecule has 3 aliphatic heterocycles. The SMILES string of the molecule is COc1cc(N2CCN3C(CCC[C@@H]3c3ccc(OCCCCN4CCOCC4)c(C)c3C)C2)ccc1Cl. The second-order valence-electron chi connectivity index (χ2n) is 11.0. The third-order valence-corrected chi connectivity index (χ3v) is 9.12. The van der Waals surface area contributed by atoms with E-state index in [-0.39, 0.29) is 0 Å². The number of hydrogen-bond acceptors (Lipinski definition) is 6. The zero-order valence-electron chi connectivity index (χ0n) is 23.4. The first-order valence-corrected chi connectivity index (χ1v) is 14.8. The summed E-state index contributed by atoms with van der Waals surface area (Å²) in [6.07, 6.45) is 6.01. The van der Waals surface area contributed by atoms with Crippen LogP contribution in [0.5, 0.6) is 11.5 Å². The van der Waals surface area contributed by atoms with Crippen molar-refractivity contribution >= 4 is 17.3 Å². The number of methoxy groups -OCH3 is 1. The number of fused-ring (bicyclic) bond motifs is 1. The molecule has 0 N–H and O–H groups in total. The van der Waals surface area contributed by atoms with Gasteiger partial charge >= 0.3 is 0 Å². The molecular weight excluding hydrogens is 498 g/mol. The maximum Gasteiger partial charge on any atom is 0.139 e. The maximum absolute atomic E-state index is 6.28. The van der Waals surface area contributed by atoms with Gasteiger partial charge in [-0.25, -0.2) is 0 Å². The van der Waals surface area contributed by atoms with Gasteiger partial charge in [0.05, 0.1) is 32.0 Å². The number of piperidine rings is 1. The minimum atomic E-state index is 0.483. The van der Waals surface area contributed by atoms with E-state index in [0.717, 1.165) is 77.0 Å². The Balaban J connectivity index is 1.18. The zero-order chi connectivity index (χ0) is 26.5. The lowest BCUT2D eigenvalue weighted by Crippen LogP contribution is -2.56. The van der Waals surface area contributed by atoms with E-state index in [4.69, 9.17) is 25.8 Å². The smallest absolute Gasteiger partial charge is 0.139 e. The molecule has 0 aliphatic carbocycles. The van der Waals surface area contributed by atoms with Crippen LogP contribution in [0, 0.1) is 13.8 Å². The second kappa shape index (κ2) is 12.9. The van der Waals surface area contributed by atoms with Crippen LogP contribution >= 0.6 is 11.6 Å². The van der Waals surface area contributed by atoms with E-state index in [0.29, 0.717) is 17.1 Å². The molecule has 1 unspecified atom stereocenters. The highest BCUT2D eigenvalue weighted by Crippen LogP contribution is 2.40. The standard InChI is InChI=1S/C31H44ClN3O3/c1-23-24(2)30(38-18-5-4-13-33-16-19-37-20-17-33)12-10-27(23)29-8-6-7-26-22-34(14-15-35(26)29)25-9-11-28(32)31(21-25)36-3/h9-12,21,26,29H,4-8,13-20,22H2,1-3H3/t26?,29-/m1/s1. The minimum Gasteiger partial charge on any atom is -0.495 e. The molecule has 0 bridgehead atoms. The van der Waals surface area contributed by atoms with Crippen LogP contribution in [0.3, 0.4) is 0 Å². The van der Waals surface area contributed by atoms with E-state index in [1.54, 1.807) is 7.11 Å². The van der Waals surface area contributed by atoms with Gasteiger partial charge < -0.3 is 19.1 Å². The fourth-order valence-corrected chi connectivity index (χ4v) is 6.64. The highest BCUT2D eigenvalue weighted by atomic mass is 35.5. The third kappa shape index (κ3) is 6.25. The second-order valence-corrected chi connectivity index (χ2v) is 11.4. The Hall–Kier alpha value is -1.99. The van der Waals surface area contributed by atoms with Crippen molar-refractivity contribution in [1.29, 1.82) is 0 Å². The van der Waals surface area contributed by atoms with E-state index in [1.807, 2.05) is 6.07 Å². The van der Waals surface area contributed by atoms with E-state index in [9.17, 15) is 0 Å². The molecule has 0 amide bonds. The maximum atomic E-state index is 6.28. The van der Waals surface area contributed by atoms with Gasteiger partial charge in [0, 0.05) is 56.6 Å². The predicted octanol–water partition coefficient (Wildman–Crippen LogP) is 5.87. The van der Waals surface area contributed by atoms with Crippen LogP contribution in [0.1, 0.15) is 54.8 Å². The van der Waals surface area contributed by atoms with Gasteiger partial charge in [-0.15, -0.1) is 0 Å². The summed E-state index contributed by atoms with van der Waals surface area (Å²) in [5.74, 6) is 1.80. The van der Waals surface area contributed by atoms with E-state index in [2.05, 4.69) is 52.8 Å². The molecule has 0 saturated carbocycles. The van der Waals surface area contributed by atoms with Gasteiger partial charge in [-0.2, -0.15) is 0 Å². The molecule has 2 aromatic rings. The van der Waals surface area contributed by atoms with E-state index < -0.39 is 0 Å². The largest absolute Gasteiger partial charge is 0.495 e. The first kappa shape index (κ1) is 27.6. The van der Waals surface area contributed by atoms with Crippen LogP contribution in [0.2, 0.25) is 5.02 Å². The summed E-state index contributed by atoms with van der Waals surface area (Å²) >= 11 is 6.28. The van der Waals surface area contributed by atoms with Gasteiger partial charge in [0.25, 0.3) is 0 Å². The Bertz CT molecular complexity index is 1070. The normalized spacial score (nSPS) is 22.8. The molecule has 5 rings (SSSR count). The summed E-state index contributed by atoms with van der Waals surface area (Å²) in [6.45, 7) is 13.4. The van der Waals surface area contributed by atoms with Gasteiger partial charge in [0.15, 0.2) is 0 Å². The first-order chi connectivity index (χ1) is 18.5. The molecule has 2 atom stereocenters.